The number of hydrogen-bond donors (Lipinski definition) is 0. The third-order valence-electron chi connectivity index (χ3n) is 3.21. The van der Waals surface area contributed by atoms with E-state index in [-0.39, 0.29) is 34.5 Å². The molecule has 0 aliphatic heterocycles. The fourth-order valence-corrected chi connectivity index (χ4v) is 3.13. The van der Waals surface area contributed by atoms with E-state index in [0.29, 0.717) is 5.39 Å². The molecule has 0 atom stereocenters. The van der Waals surface area contributed by atoms with Crippen molar-refractivity contribution in [1.82, 2.24) is 0 Å². The van der Waals surface area contributed by atoms with Crippen LogP contribution in [0.25, 0.3) is 10.8 Å². The maximum Gasteiger partial charge on any atom is 1.00 e. The normalized spacial score (nSPS) is 11.3. The quantitative estimate of drug-likeness (QED) is 0.583. The molecular weight excluding hydrogens is 271 g/mol. The van der Waals surface area contributed by atoms with Crippen LogP contribution in [0.15, 0.2) is 35.2 Å². The summed E-state index contributed by atoms with van der Waals surface area (Å²) in [6, 6.07) is 8.72. The Morgan fingerprint density at radius 2 is 1.63 bits per heavy atom. The summed E-state index contributed by atoms with van der Waals surface area (Å²) >= 11 is 0. The molecule has 2 aromatic carbocycles. The van der Waals surface area contributed by atoms with Gasteiger partial charge in [0.25, 0.3) is 0 Å². The van der Waals surface area contributed by atoms with Crippen molar-refractivity contribution in [3.8, 4) is 0 Å². The Balaban J connectivity index is 0.00000180. The molecule has 0 saturated carbocycles. The zero-order chi connectivity index (χ0) is 13.3. The number of benzene rings is 2. The molecule has 3 nitrogen and oxygen atoms in total. The Bertz CT molecular complexity index is 693. The molecule has 0 fully saturated rings. The summed E-state index contributed by atoms with van der Waals surface area (Å²) in [6.45, 7) is 4.00. The third kappa shape index (κ3) is 3.20. The molecule has 0 heterocycles. The molecule has 0 saturated heterocycles. The summed E-state index contributed by atoms with van der Waals surface area (Å²) in [6.07, 6.45) is 1.54. The molecule has 0 bridgehead atoms. The summed E-state index contributed by atoms with van der Waals surface area (Å²) in [5, 5.41) is 1.40. The second-order valence-corrected chi connectivity index (χ2v) is 5.57. The Morgan fingerprint density at radius 3 is 2.11 bits per heavy atom. The van der Waals surface area contributed by atoms with Crippen LogP contribution in [0.4, 0.5) is 0 Å². The average Bonchev–Trinajstić information content (AvgIpc) is 2.35. The zero-order valence-electron chi connectivity index (χ0n) is 11.4. The van der Waals surface area contributed by atoms with Gasteiger partial charge in [-0.3, -0.25) is 0 Å². The Hall–Kier alpha value is -0.390. The van der Waals surface area contributed by atoms with Crippen LogP contribution in [0.5, 0.6) is 0 Å². The van der Waals surface area contributed by atoms with Gasteiger partial charge in [-0.1, -0.05) is 38.1 Å². The van der Waals surface area contributed by atoms with Gasteiger partial charge in [-0.2, -0.15) is 0 Å². The molecule has 0 unspecified atom stereocenters. The van der Waals surface area contributed by atoms with Gasteiger partial charge in [0.2, 0.25) is 0 Å². The van der Waals surface area contributed by atoms with Crippen molar-refractivity contribution in [3.63, 3.8) is 0 Å². The van der Waals surface area contributed by atoms with Gasteiger partial charge in [-0.15, -0.1) is 0 Å². The number of fused-ring (bicyclic) bond motifs is 1. The van der Waals surface area contributed by atoms with Crippen LogP contribution < -0.4 is 29.6 Å². The van der Waals surface area contributed by atoms with E-state index in [9.17, 15) is 13.0 Å². The average molecular weight is 286 g/mol. The molecule has 2 rings (SSSR count). The molecule has 2 aromatic rings. The third-order valence-corrected chi connectivity index (χ3v) is 4.09. The second kappa shape index (κ2) is 6.37. The minimum atomic E-state index is -4.44. The van der Waals surface area contributed by atoms with Crippen LogP contribution in [0.1, 0.15) is 25.0 Å². The molecule has 0 amide bonds. The van der Waals surface area contributed by atoms with Crippen molar-refractivity contribution in [2.45, 2.75) is 31.6 Å². The van der Waals surface area contributed by atoms with E-state index in [1.165, 1.54) is 6.07 Å². The van der Waals surface area contributed by atoms with Crippen LogP contribution in [0.2, 0.25) is 0 Å². The van der Waals surface area contributed by atoms with Gasteiger partial charge < -0.3 is 4.55 Å². The number of hydrogen-bond acceptors (Lipinski definition) is 3. The number of rotatable bonds is 3. The number of aryl methyl sites for hydroxylation is 2. The Morgan fingerprint density at radius 1 is 1.05 bits per heavy atom. The predicted molar refractivity (Wildman–Crippen MR) is 70.7 cm³/mol. The van der Waals surface area contributed by atoms with E-state index >= 15 is 0 Å². The van der Waals surface area contributed by atoms with E-state index in [1.807, 2.05) is 26.0 Å². The molecule has 5 heteroatoms. The minimum Gasteiger partial charge on any atom is -0.744 e. The largest absolute Gasteiger partial charge is 1.00 e. The molecule has 0 aromatic heterocycles. The van der Waals surface area contributed by atoms with Crippen LogP contribution in [-0.2, 0) is 23.0 Å². The van der Waals surface area contributed by atoms with Crippen LogP contribution in [0, 0.1) is 0 Å². The summed E-state index contributed by atoms with van der Waals surface area (Å²) in [5.41, 5.74) is 2.06. The fraction of sp³-hybridized carbons (Fsp3) is 0.286. The second-order valence-electron chi connectivity index (χ2n) is 4.22. The van der Waals surface area contributed by atoms with Gasteiger partial charge >= 0.3 is 29.6 Å². The maximum absolute atomic E-state index is 11.4. The molecule has 0 radical (unpaired) electrons. The van der Waals surface area contributed by atoms with Crippen LogP contribution in [0.3, 0.4) is 0 Å². The Labute approximate surface area is 136 Å². The topological polar surface area (TPSA) is 57.2 Å². The minimum absolute atomic E-state index is 0. The first-order chi connectivity index (χ1) is 8.49. The van der Waals surface area contributed by atoms with E-state index in [1.54, 1.807) is 12.1 Å². The zero-order valence-corrected chi connectivity index (χ0v) is 14.3. The summed E-state index contributed by atoms with van der Waals surface area (Å²) in [5.74, 6) is 0. The standard InChI is InChI=1S/C14H16O3S.Na/c1-3-10-9-14(18(15,16)17)13-8-6-5-7-12(13)11(10)4-2;/h5-9H,3-4H2,1-2H3,(H,15,16,17);/q;+1/p-1. The van der Waals surface area contributed by atoms with Gasteiger partial charge in [0, 0.05) is 0 Å². The van der Waals surface area contributed by atoms with Crippen LogP contribution in [-0.4, -0.2) is 13.0 Å². The van der Waals surface area contributed by atoms with Gasteiger partial charge in [0.05, 0.1) is 4.90 Å². The molecular formula is C14H15NaO3S. The van der Waals surface area contributed by atoms with Crippen molar-refractivity contribution < 1.29 is 42.5 Å². The molecule has 0 aliphatic rings. The van der Waals surface area contributed by atoms with Gasteiger partial charge in [0.1, 0.15) is 10.1 Å². The molecule has 0 aliphatic carbocycles. The molecule has 19 heavy (non-hydrogen) atoms. The SMILES string of the molecule is CCc1cc(S(=O)(=O)[O-])c2ccccc2c1CC.[Na+]. The van der Waals surface area contributed by atoms with Gasteiger partial charge in [-0.05, 0) is 40.8 Å². The van der Waals surface area contributed by atoms with E-state index in [0.717, 1.165) is 29.4 Å². The molecule has 0 spiro atoms. The summed E-state index contributed by atoms with van der Waals surface area (Å²) < 4.78 is 34.1. The van der Waals surface area contributed by atoms with Crippen LogP contribution >= 0.6 is 0 Å². The Kier molecular flexibility index (Phi) is 5.59. The van der Waals surface area contributed by atoms with E-state index < -0.39 is 10.1 Å². The van der Waals surface area contributed by atoms with Gasteiger partial charge in [0.15, 0.2) is 0 Å². The first kappa shape index (κ1) is 16.7. The van der Waals surface area contributed by atoms with Crippen molar-refractivity contribution in [2.24, 2.45) is 0 Å². The first-order valence-corrected chi connectivity index (χ1v) is 7.39. The van der Waals surface area contributed by atoms with Crippen molar-refractivity contribution >= 4 is 20.9 Å². The monoisotopic (exact) mass is 286 g/mol. The first-order valence-electron chi connectivity index (χ1n) is 5.98. The molecule has 0 N–H and O–H groups in total. The maximum atomic E-state index is 11.4. The van der Waals surface area contributed by atoms with E-state index in [2.05, 4.69) is 0 Å². The predicted octanol–water partition coefficient (Wildman–Crippen LogP) is -0.127. The smallest absolute Gasteiger partial charge is 0.744 e. The van der Waals surface area contributed by atoms with Gasteiger partial charge in [-0.25, -0.2) is 8.42 Å². The fourth-order valence-electron chi connectivity index (χ4n) is 2.40. The van der Waals surface area contributed by atoms with E-state index in [4.69, 9.17) is 0 Å². The summed E-state index contributed by atoms with van der Waals surface area (Å²) in [7, 11) is -4.44. The van der Waals surface area contributed by atoms with Crippen molar-refractivity contribution in [2.75, 3.05) is 0 Å². The molecule has 96 valence electrons. The van der Waals surface area contributed by atoms with Crippen molar-refractivity contribution in [1.29, 1.82) is 0 Å². The van der Waals surface area contributed by atoms with Crippen molar-refractivity contribution in [3.05, 3.63) is 41.5 Å². The summed E-state index contributed by atoms with van der Waals surface area (Å²) in [4.78, 5) is -0.104.